The molecule has 1 aromatic rings. The molecular weight excluding hydrogens is 182 g/mol. The first-order valence-electron chi connectivity index (χ1n) is 4.17. The number of benzene rings is 1. The number of hydrogen-bond donors (Lipinski definition) is 2. The summed E-state index contributed by atoms with van der Waals surface area (Å²) in [7, 11) is 0. The fraction of sp³-hybridized carbons (Fsp3) is 0.400. The summed E-state index contributed by atoms with van der Waals surface area (Å²) in [6.45, 7) is 3.55. The highest BCUT2D eigenvalue weighted by molar-refractivity contribution is 7.96. The lowest BCUT2D eigenvalue weighted by Crippen LogP contribution is -2.15. The van der Waals surface area contributed by atoms with E-state index >= 15 is 0 Å². The molecule has 3 N–H and O–H groups in total. The van der Waals surface area contributed by atoms with Crippen molar-refractivity contribution in [2.75, 3.05) is 0 Å². The Bertz CT molecular complexity index is 263. The molecule has 13 heavy (non-hydrogen) atoms. The first-order chi connectivity index (χ1) is 6.04. The Hall–Kier alpha value is -0.510. The van der Waals surface area contributed by atoms with Crippen LogP contribution in [0.3, 0.4) is 0 Å². The monoisotopic (exact) mass is 197 g/mol. The molecule has 0 aliphatic carbocycles. The largest absolute Gasteiger partial charge is 0.386 e. The standard InChI is InChI=1S/C10H15NOS/c1-10(2,12)9-5-3-8(4-6-9)7-13-11/h3-6,12H,7,11H2,1-2H3. The van der Waals surface area contributed by atoms with Gasteiger partial charge in [-0.1, -0.05) is 36.2 Å². The van der Waals surface area contributed by atoms with Crippen molar-refractivity contribution in [3.05, 3.63) is 35.4 Å². The van der Waals surface area contributed by atoms with Crippen LogP contribution in [0.5, 0.6) is 0 Å². The van der Waals surface area contributed by atoms with Crippen LogP contribution in [0.15, 0.2) is 24.3 Å². The SMILES string of the molecule is CC(C)(O)c1ccc(CSN)cc1. The Morgan fingerprint density at radius 1 is 1.31 bits per heavy atom. The van der Waals surface area contributed by atoms with Gasteiger partial charge in [0.25, 0.3) is 0 Å². The summed E-state index contributed by atoms with van der Waals surface area (Å²) >= 11 is 1.31. The van der Waals surface area contributed by atoms with Gasteiger partial charge in [-0.05, 0) is 25.0 Å². The van der Waals surface area contributed by atoms with Crippen LogP contribution >= 0.6 is 11.9 Å². The maximum Gasteiger partial charge on any atom is 0.0840 e. The Kier molecular flexibility index (Phi) is 3.36. The van der Waals surface area contributed by atoms with Crippen LogP contribution < -0.4 is 5.14 Å². The second kappa shape index (κ2) is 4.13. The van der Waals surface area contributed by atoms with E-state index in [1.54, 1.807) is 13.8 Å². The lowest BCUT2D eigenvalue weighted by Gasteiger charge is -2.17. The highest BCUT2D eigenvalue weighted by Gasteiger charge is 2.14. The minimum absolute atomic E-state index is 0.756. The lowest BCUT2D eigenvalue weighted by atomic mass is 9.98. The summed E-state index contributed by atoms with van der Waals surface area (Å²) in [6.07, 6.45) is 0. The van der Waals surface area contributed by atoms with Gasteiger partial charge in [-0.15, -0.1) is 0 Å². The zero-order chi connectivity index (χ0) is 9.90. The van der Waals surface area contributed by atoms with Crippen molar-refractivity contribution >= 4 is 11.9 Å². The van der Waals surface area contributed by atoms with Crippen molar-refractivity contribution in [3.63, 3.8) is 0 Å². The molecule has 0 aliphatic heterocycles. The van der Waals surface area contributed by atoms with Crippen LogP contribution in [-0.2, 0) is 11.4 Å². The van der Waals surface area contributed by atoms with E-state index in [4.69, 9.17) is 5.14 Å². The molecule has 0 aliphatic rings. The number of hydrogen-bond acceptors (Lipinski definition) is 3. The molecule has 0 saturated heterocycles. The molecule has 0 heterocycles. The highest BCUT2D eigenvalue weighted by Crippen LogP contribution is 2.20. The molecule has 0 unspecified atom stereocenters. The van der Waals surface area contributed by atoms with E-state index in [1.165, 1.54) is 17.5 Å². The van der Waals surface area contributed by atoms with Crippen molar-refractivity contribution in [2.24, 2.45) is 5.14 Å². The van der Waals surface area contributed by atoms with E-state index in [0.717, 1.165) is 11.3 Å². The first-order valence-corrected chi connectivity index (χ1v) is 5.22. The Morgan fingerprint density at radius 2 is 1.85 bits per heavy atom. The second-order valence-corrected chi connectivity index (χ2v) is 4.19. The van der Waals surface area contributed by atoms with Gasteiger partial charge in [0.1, 0.15) is 0 Å². The molecule has 0 spiro atoms. The zero-order valence-electron chi connectivity index (χ0n) is 7.95. The molecule has 0 atom stereocenters. The lowest BCUT2D eigenvalue weighted by molar-refractivity contribution is 0.0786. The maximum atomic E-state index is 9.68. The molecule has 3 heteroatoms. The molecule has 1 rings (SSSR count). The van der Waals surface area contributed by atoms with E-state index in [1.807, 2.05) is 24.3 Å². The molecular formula is C10H15NOS. The van der Waals surface area contributed by atoms with Gasteiger partial charge >= 0.3 is 0 Å². The van der Waals surface area contributed by atoms with E-state index in [9.17, 15) is 5.11 Å². The highest BCUT2D eigenvalue weighted by atomic mass is 32.2. The smallest absolute Gasteiger partial charge is 0.0840 e. The van der Waals surface area contributed by atoms with E-state index in [2.05, 4.69) is 0 Å². The fourth-order valence-corrected chi connectivity index (χ4v) is 1.49. The fourth-order valence-electron chi connectivity index (χ4n) is 1.11. The summed E-state index contributed by atoms with van der Waals surface area (Å²) in [5.74, 6) is 0.812. The molecule has 0 amide bonds. The minimum atomic E-state index is -0.756. The van der Waals surface area contributed by atoms with Crippen molar-refractivity contribution in [3.8, 4) is 0 Å². The van der Waals surface area contributed by atoms with Gasteiger partial charge in [0.2, 0.25) is 0 Å². The van der Waals surface area contributed by atoms with E-state index in [0.29, 0.717) is 0 Å². The van der Waals surface area contributed by atoms with Gasteiger partial charge in [-0.3, -0.25) is 5.14 Å². The van der Waals surface area contributed by atoms with Crippen LogP contribution in [0.2, 0.25) is 0 Å². The predicted molar refractivity (Wildman–Crippen MR) is 57.2 cm³/mol. The molecule has 0 fully saturated rings. The van der Waals surface area contributed by atoms with Gasteiger partial charge in [0.15, 0.2) is 0 Å². The van der Waals surface area contributed by atoms with Crippen molar-refractivity contribution < 1.29 is 5.11 Å². The minimum Gasteiger partial charge on any atom is -0.386 e. The summed E-state index contributed by atoms with van der Waals surface area (Å²) in [6, 6.07) is 7.86. The topological polar surface area (TPSA) is 46.2 Å². The van der Waals surface area contributed by atoms with Gasteiger partial charge < -0.3 is 5.11 Å². The molecule has 0 bridgehead atoms. The van der Waals surface area contributed by atoms with Crippen LogP contribution in [-0.4, -0.2) is 5.11 Å². The van der Waals surface area contributed by atoms with Gasteiger partial charge in [0, 0.05) is 5.75 Å². The number of rotatable bonds is 3. The first kappa shape index (κ1) is 10.6. The van der Waals surface area contributed by atoms with Gasteiger partial charge in [-0.2, -0.15) is 0 Å². The van der Waals surface area contributed by atoms with Crippen LogP contribution in [0, 0.1) is 0 Å². The summed E-state index contributed by atoms with van der Waals surface area (Å²) in [4.78, 5) is 0. The van der Waals surface area contributed by atoms with Crippen LogP contribution in [0.25, 0.3) is 0 Å². The third kappa shape index (κ3) is 3.03. The third-order valence-corrected chi connectivity index (χ3v) is 2.41. The molecule has 0 aromatic heterocycles. The molecule has 2 nitrogen and oxygen atoms in total. The summed E-state index contributed by atoms with van der Waals surface area (Å²) in [5.41, 5.74) is 1.35. The van der Waals surface area contributed by atoms with Crippen molar-refractivity contribution in [2.45, 2.75) is 25.2 Å². The number of aliphatic hydroxyl groups is 1. The Morgan fingerprint density at radius 3 is 2.23 bits per heavy atom. The molecule has 72 valence electrons. The zero-order valence-corrected chi connectivity index (χ0v) is 8.77. The molecule has 0 radical (unpaired) electrons. The van der Waals surface area contributed by atoms with Crippen LogP contribution in [0.4, 0.5) is 0 Å². The number of nitrogens with two attached hydrogens (primary N) is 1. The average molecular weight is 197 g/mol. The quantitative estimate of drug-likeness (QED) is 0.729. The third-order valence-electron chi connectivity index (χ3n) is 1.91. The average Bonchev–Trinajstić information content (AvgIpc) is 2.04. The summed E-state index contributed by atoms with van der Waals surface area (Å²) in [5, 5.41) is 15.0. The Balaban J connectivity index is 2.81. The second-order valence-electron chi connectivity index (χ2n) is 3.57. The van der Waals surface area contributed by atoms with Crippen LogP contribution in [0.1, 0.15) is 25.0 Å². The van der Waals surface area contributed by atoms with Crippen molar-refractivity contribution in [1.82, 2.24) is 0 Å². The summed E-state index contributed by atoms with van der Waals surface area (Å²) < 4.78 is 0. The van der Waals surface area contributed by atoms with Crippen molar-refractivity contribution in [1.29, 1.82) is 0 Å². The maximum absolute atomic E-state index is 9.68. The van der Waals surface area contributed by atoms with E-state index in [-0.39, 0.29) is 0 Å². The van der Waals surface area contributed by atoms with Gasteiger partial charge in [0.05, 0.1) is 5.60 Å². The Labute approximate surface area is 83.3 Å². The molecule has 0 saturated carbocycles. The van der Waals surface area contributed by atoms with Gasteiger partial charge in [-0.25, -0.2) is 0 Å². The molecule has 1 aromatic carbocycles. The van der Waals surface area contributed by atoms with E-state index < -0.39 is 5.60 Å². The normalized spacial score (nSPS) is 11.7. The predicted octanol–water partition coefficient (Wildman–Crippen LogP) is 2.02.